The third kappa shape index (κ3) is 4.36. The molecule has 1 aliphatic carbocycles. The van der Waals surface area contributed by atoms with Crippen molar-refractivity contribution in [3.8, 4) is 5.75 Å². The number of ether oxygens (including phenoxy) is 2. The monoisotopic (exact) mass is 235 g/mol. The van der Waals surface area contributed by atoms with Crippen LogP contribution in [0.15, 0.2) is 24.3 Å². The first-order valence-electron chi connectivity index (χ1n) is 6.24. The average molecular weight is 235 g/mol. The summed E-state index contributed by atoms with van der Waals surface area (Å²) in [6.07, 6.45) is 3.48. The van der Waals surface area contributed by atoms with Crippen molar-refractivity contribution in [1.82, 2.24) is 0 Å². The van der Waals surface area contributed by atoms with Crippen molar-refractivity contribution in [2.45, 2.75) is 25.3 Å². The molecule has 1 fully saturated rings. The lowest BCUT2D eigenvalue weighted by atomic mass is 10.1. The first-order valence-corrected chi connectivity index (χ1v) is 6.24. The molecular weight excluding hydrogens is 214 g/mol. The van der Waals surface area contributed by atoms with Crippen LogP contribution < -0.4 is 10.5 Å². The van der Waals surface area contributed by atoms with Gasteiger partial charge in [-0.25, -0.2) is 0 Å². The van der Waals surface area contributed by atoms with E-state index < -0.39 is 0 Å². The molecular formula is C14H21NO2. The predicted molar refractivity (Wildman–Crippen MR) is 68.2 cm³/mol. The normalized spacial score (nSPS) is 16.8. The quantitative estimate of drug-likeness (QED) is 0.786. The summed E-state index contributed by atoms with van der Waals surface area (Å²) in [5.41, 5.74) is 7.24. The summed E-state index contributed by atoms with van der Waals surface area (Å²) in [5, 5.41) is 0. The fourth-order valence-electron chi connectivity index (χ4n) is 1.83. The third-order valence-electron chi connectivity index (χ3n) is 3.01. The van der Waals surface area contributed by atoms with E-state index in [1.54, 1.807) is 7.11 Å². The Bertz CT molecular complexity index is 350. The van der Waals surface area contributed by atoms with Gasteiger partial charge in [0.1, 0.15) is 5.75 Å². The second-order valence-electron chi connectivity index (χ2n) is 4.80. The summed E-state index contributed by atoms with van der Waals surface area (Å²) in [4.78, 5) is 0. The van der Waals surface area contributed by atoms with Crippen molar-refractivity contribution in [1.29, 1.82) is 0 Å². The number of rotatable bonds is 7. The lowest BCUT2D eigenvalue weighted by Crippen LogP contribution is -2.29. The van der Waals surface area contributed by atoms with Crippen LogP contribution in [0.25, 0.3) is 0 Å². The molecule has 1 aromatic rings. The van der Waals surface area contributed by atoms with Crippen LogP contribution in [0.2, 0.25) is 0 Å². The number of methoxy groups -OCH3 is 1. The summed E-state index contributed by atoms with van der Waals surface area (Å²) >= 11 is 0. The Labute approximate surface area is 103 Å². The molecule has 1 unspecified atom stereocenters. The lowest BCUT2D eigenvalue weighted by molar-refractivity contribution is 0.112. The molecule has 0 aromatic heterocycles. The summed E-state index contributed by atoms with van der Waals surface area (Å²) in [7, 11) is 1.68. The summed E-state index contributed by atoms with van der Waals surface area (Å²) in [6.45, 7) is 1.53. The van der Waals surface area contributed by atoms with Crippen LogP contribution in [0.5, 0.6) is 5.75 Å². The van der Waals surface area contributed by atoms with Crippen LogP contribution in [0.3, 0.4) is 0 Å². The van der Waals surface area contributed by atoms with E-state index in [0.29, 0.717) is 6.61 Å². The molecule has 0 amide bonds. The van der Waals surface area contributed by atoms with Gasteiger partial charge in [0, 0.05) is 12.6 Å². The van der Waals surface area contributed by atoms with E-state index in [1.807, 2.05) is 18.2 Å². The Hall–Kier alpha value is -1.06. The van der Waals surface area contributed by atoms with E-state index in [4.69, 9.17) is 15.2 Å². The smallest absolute Gasteiger partial charge is 0.119 e. The molecule has 1 aromatic carbocycles. The van der Waals surface area contributed by atoms with E-state index in [0.717, 1.165) is 24.7 Å². The van der Waals surface area contributed by atoms with Gasteiger partial charge in [-0.2, -0.15) is 0 Å². The highest BCUT2D eigenvalue weighted by atomic mass is 16.5. The molecule has 3 nitrogen and oxygen atoms in total. The molecule has 0 saturated heterocycles. The molecule has 17 heavy (non-hydrogen) atoms. The molecule has 2 N–H and O–H groups in total. The molecule has 0 heterocycles. The van der Waals surface area contributed by atoms with Crippen LogP contribution in [0.1, 0.15) is 18.4 Å². The van der Waals surface area contributed by atoms with Gasteiger partial charge in [0.05, 0.1) is 13.7 Å². The lowest BCUT2D eigenvalue weighted by Gasteiger charge is -2.12. The summed E-state index contributed by atoms with van der Waals surface area (Å²) in [5.74, 6) is 1.69. The highest BCUT2D eigenvalue weighted by Crippen LogP contribution is 2.28. The minimum absolute atomic E-state index is 0.0702. The van der Waals surface area contributed by atoms with E-state index in [-0.39, 0.29) is 6.04 Å². The van der Waals surface area contributed by atoms with Gasteiger partial charge in [-0.15, -0.1) is 0 Å². The number of hydrogen-bond acceptors (Lipinski definition) is 3. The second-order valence-corrected chi connectivity index (χ2v) is 4.80. The van der Waals surface area contributed by atoms with Crippen LogP contribution in [-0.2, 0) is 11.2 Å². The van der Waals surface area contributed by atoms with Gasteiger partial charge >= 0.3 is 0 Å². The van der Waals surface area contributed by atoms with Gasteiger partial charge in [-0.1, -0.05) is 12.1 Å². The van der Waals surface area contributed by atoms with Crippen LogP contribution >= 0.6 is 0 Å². The van der Waals surface area contributed by atoms with Crippen LogP contribution in [-0.4, -0.2) is 26.4 Å². The van der Waals surface area contributed by atoms with Gasteiger partial charge in [0.25, 0.3) is 0 Å². The fourth-order valence-corrected chi connectivity index (χ4v) is 1.83. The first kappa shape index (κ1) is 12.4. The topological polar surface area (TPSA) is 44.5 Å². The zero-order chi connectivity index (χ0) is 12.1. The highest BCUT2D eigenvalue weighted by Gasteiger charge is 2.21. The minimum Gasteiger partial charge on any atom is -0.497 e. The van der Waals surface area contributed by atoms with Gasteiger partial charge in [0.15, 0.2) is 0 Å². The minimum atomic E-state index is 0.0702. The van der Waals surface area contributed by atoms with E-state index in [9.17, 15) is 0 Å². The molecule has 1 atom stereocenters. The molecule has 0 spiro atoms. The van der Waals surface area contributed by atoms with Crippen molar-refractivity contribution in [3.05, 3.63) is 29.8 Å². The van der Waals surface area contributed by atoms with Gasteiger partial charge < -0.3 is 15.2 Å². The molecule has 0 aliphatic heterocycles. The number of benzene rings is 1. The average Bonchev–Trinajstić information content (AvgIpc) is 3.13. The van der Waals surface area contributed by atoms with Crippen LogP contribution in [0, 0.1) is 5.92 Å². The molecule has 94 valence electrons. The van der Waals surface area contributed by atoms with Crippen LogP contribution in [0.4, 0.5) is 0 Å². The second kappa shape index (κ2) is 6.03. The molecule has 1 aliphatic rings. The number of hydrogen-bond donors (Lipinski definition) is 1. The van der Waals surface area contributed by atoms with Crippen molar-refractivity contribution in [3.63, 3.8) is 0 Å². The van der Waals surface area contributed by atoms with Crippen molar-refractivity contribution < 1.29 is 9.47 Å². The Balaban J connectivity index is 1.73. The zero-order valence-electron chi connectivity index (χ0n) is 10.4. The van der Waals surface area contributed by atoms with Crippen molar-refractivity contribution >= 4 is 0 Å². The van der Waals surface area contributed by atoms with Crippen molar-refractivity contribution in [2.75, 3.05) is 20.3 Å². The third-order valence-corrected chi connectivity index (χ3v) is 3.01. The molecule has 2 rings (SSSR count). The summed E-state index contributed by atoms with van der Waals surface area (Å²) < 4.78 is 10.8. The summed E-state index contributed by atoms with van der Waals surface area (Å²) in [6, 6.07) is 8.11. The molecule has 1 saturated carbocycles. The highest BCUT2D eigenvalue weighted by molar-refractivity contribution is 5.28. The maximum Gasteiger partial charge on any atom is 0.119 e. The van der Waals surface area contributed by atoms with Gasteiger partial charge in [0.2, 0.25) is 0 Å². The first-order chi connectivity index (χ1) is 8.28. The number of nitrogens with two attached hydrogens (primary N) is 1. The maximum atomic E-state index is 6.04. The Kier molecular flexibility index (Phi) is 4.40. The zero-order valence-corrected chi connectivity index (χ0v) is 10.4. The Morgan fingerprint density at radius 2 is 2.24 bits per heavy atom. The van der Waals surface area contributed by atoms with Gasteiger partial charge in [-0.05, 0) is 42.9 Å². The van der Waals surface area contributed by atoms with E-state index >= 15 is 0 Å². The molecule has 0 radical (unpaired) electrons. The van der Waals surface area contributed by atoms with Gasteiger partial charge in [-0.3, -0.25) is 0 Å². The standard InChI is InChI=1S/C14H21NO2/c1-16-14-4-2-3-12(8-14)7-13(15)10-17-9-11-5-6-11/h2-4,8,11,13H,5-7,9-10,15H2,1H3. The predicted octanol–water partition coefficient (Wildman–Crippen LogP) is 1.99. The molecule has 0 bridgehead atoms. The fraction of sp³-hybridized carbons (Fsp3) is 0.571. The Morgan fingerprint density at radius 1 is 1.41 bits per heavy atom. The van der Waals surface area contributed by atoms with E-state index in [1.165, 1.54) is 18.4 Å². The molecule has 3 heteroatoms. The largest absolute Gasteiger partial charge is 0.497 e. The Morgan fingerprint density at radius 3 is 2.94 bits per heavy atom. The van der Waals surface area contributed by atoms with E-state index in [2.05, 4.69) is 6.07 Å². The maximum absolute atomic E-state index is 6.04. The SMILES string of the molecule is COc1cccc(CC(N)COCC2CC2)c1. The van der Waals surface area contributed by atoms with Crippen molar-refractivity contribution in [2.24, 2.45) is 11.7 Å².